The fourth-order valence-electron chi connectivity index (χ4n) is 1.53. The van der Waals surface area contributed by atoms with Gasteiger partial charge in [0.05, 0.1) is 12.8 Å². The molecule has 0 radical (unpaired) electrons. The maximum atomic E-state index is 13.4. The number of nitrogens with one attached hydrogen (secondary N) is 2. The van der Waals surface area contributed by atoms with E-state index in [1.165, 1.54) is 24.4 Å². The van der Waals surface area contributed by atoms with Gasteiger partial charge in [0.1, 0.15) is 5.82 Å². The standard InChI is InChI=1S/C11H12FN3O3S/c12-10-4-2-1-3-8(10)6-14-19(17,18)11-9(7-16)5-13-15-11/h1-5,14,16H,6-7H2,(H,13,15). The Bertz CT molecular complexity index is 669. The molecule has 1 aromatic carbocycles. The van der Waals surface area contributed by atoms with Gasteiger partial charge in [-0.05, 0) is 6.07 Å². The molecule has 0 fully saturated rings. The number of halogens is 1. The Morgan fingerprint density at radius 1 is 1.32 bits per heavy atom. The number of H-pyrrole nitrogens is 1. The van der Waals surface area contributed by atoms with Crippen molar-refractivity contribution in [1.29, 1.82) is 0 Å². The average Bonchev–Trinajstić information content (AvgIpc) is 2.87. The Balaban J connectivity index is 2.17. The van der Waals surface area contributed by atoms with E-state index in [9.17, 15) is 12.8 Å². The van der Waals surface area contributed by atoms with E-state index < -0.39 is 22.4 Å². The molecule has 0 saturated carbocycles. The number of rotatable bonds is 5. The molecule has 0 amide bonds. The fourth-order valence-corrected chi connectivity index (χ4v) is 2.66. The zero-order valence-electron chi connectivity index (χ0n) is 9.80. The molecule has 1 heterocycles. The molecule has 0 atom stereocenters. The molecule has 8 heteroatoms. The number of aliphatic hydroxyl groups excluding tert-OH is 1. The number of aliphatic hydroxyl groups is 1. The van der Waals surface area contributed by atoms with Crippen LogP contribution in [-0.4, -0.2) is 23.7 Å². The minimum absolute atomic E-state index is 0.154. The Morgan fingerprint density at radius 3 is 2.74 bits per heavy atom. The van der Waals surface area contributed by atoms with Gasteiger partial charge in [-0.15, -0.1) is 0 Å². The zero-order valence-corrected chi connectivity index (χ0v) is 10.6. The third-order valence-electron chi connectivity index (χ3n) is 2.53. The van der Waals surface area contributed by atoms with Crippen LogP contribution in [0.3, 0.4) is 0 Å². The third kappa shape index (κ3) is 2.98. The Labute approximate surface area is 109 Å². The molecule has 0 bridgehead atoms. The molecule has 0 spiro atoms. The highest BCUT2D eigenvalue weighted by Gasteiger charge is 2.20. The summed E-state index contributed by atoms with van der Waals surface area (Å²) >= 11 is 0. The van der Waals surface area contributed by atoms with E-state index in [0.29, 0.717) is 0 Å². The van der Waals surface area contributed by atoms with Crippen molar-refractivity contribution in [3.8, 4) is 0 Å². The fraction of sp³-hybridized carbons (Fsp3) is 0.182. The van der Waals surface area contributed by atoms with Crippen LogP contribution in [0.2, 0.25) is 0 Å². The van der Waals surface area contributed by atoms with Gasteiger partial charge in [-0.3, -0.25) is 5.10 Å². The van der Waals surface area contributed by atoms with Crippen LogP contribution in [0.1, 0.15) is 11.1 Å². The minimum Gasteiger partial charge on any atom is -0.392 e. The number of aromatic amines is 1. The Hall–Kier alpha value is -1.77. The lowest BCUT2D eigenvalue weighted by Gasteiger charge is -2.07. The lowest BCUT2D eigenvalue weighted by atomic mass is 10.2. The van der Waals surface area contributed by atoms with E-state index in [1.807, 2.05) is 0 Å². The molecule has 0 aliphatic carbocycles. The largest absolute Gasteiger partial charge is 0.392 e. The summed E-state index contributed by atoms with van der Waals surface area (Å²) in [6.07, 6.45) is 1.22. The molecule has 2 rings (SSSR count). The number of nitrogens with zero attached hydrogens (tertiary/aromatic N) is 1. The maximum Gasteiger partial charge on any atom is 0.258 e. The Kier molecular flexibility index (Phi) is 3.93. The number of aromatic nitrogens is 2. The molecule has 3 N–H and O–H groups in total. The van der Waals surface area contributed by atoms with E-state index >= 15 is 0 Å². The summed E-state index contributed by atoms with van der Waals surface area (Å²) in [6.45, 7) is -0.634. The first-order chi connectivity index (χ1) is 9.04. The first-order valence-corrected chi connectivity index (χ1v) is 6.89. The second-order valence-corrected chi connectivity index (χ2v) is 5.50. The monoisotopic (exact) mass is 285 g/mol. The van der Waals surface area contributed by atoms with Crippen LogP contribution in [-0.2, 0) is 23.2 Å². The van der Waals surface area contributed by atoms with E-state index in [4.69, 9.17) is 5.11 Å². The van der Waals surface area contributed by atoms with Crippen molar-refractivity contribution in [3.05, 3.63) is 47.4 Å². The van der Waals surface area contributed by atoms with Gasteiger partial charge < -0.3 is 5.11 Å². The summed E-state index contributed by atoms with van der Waals surface area (Å²) in [5, 5.41) is 14.6. The third-order valence-corrected chi connectivity index (χ3v) is 3.94. The van der Waals surface area contributed by atoms with Crippen LogP contribution in [0.5, 0.6) is 0 Å². The van der Waals surface area contributed by atoms with Crippen molar-refractivity contribution in [2.24, 2.45) is 0 Å². The first kappa shape index (κ1) is 13.7. The predicted octanol–water partition coefficient (Wildman–Crippen LogP) is 0.520. The molecule has 2 aromatic rings. The smallest absolute Gasteiger partial charge is 0.258 e. The lowest BCUT2D eigenvalue weighted by Crippen LogP contribution is -2.25. The summed E-state index contributed by atoms with van der Waals surface area (Å²) in [5.41, 5.74) is 0.386. The lowest BCUT2D eigenvalue weighted by molar-refractivity contribution is 0.278. The number of hydrogen-bond donors (Lipinski definition) is 3. The highest BCUT2D eigenvalue weighted by atomic mass is 32.2. The molecular formula is C11H12FN3O3S. The quantitative estimate of drug-likeness (QED) is 0.746. The van der Waals surface area contributed by atoms with Crippen LogP contribution in [0.25, 0.3) is 0 Å². The van der Waals surface area contributed by atoms with Crippen molar-refractivity contribution >= 4 is 10.0 Å². The second-order valence-electron chi connectivity index (χ2n) is 3.80. The van der Waals surface area contributed by atoms with E-state index in [-0.39, 0.29) is 22.7 Å². The van der Waals surface area contributed by atoms with Gasteiger partial charge in [-0.25, -0.2) is 17.5 Å². The van der Waals surface area contributed by atoms with Crippen LogP contribution in [0.4, 0.5) is 4.39 Å². The Morgan fingerprint density at radius 2 is 2.05 bits per heavy atom. The molecular weight excluding hydrogens is 273 g/mol. The molecule has 19 heavy (non-hydrogen) atoms. The summed E-state index contributed by atoms with van der Waals surface area (Å²) in [5.74, 6) is -0.489. The average molecular weight is 285 g/mol. The van der Waals surface area contributed by atoms with Crippen molar-refractivity contribution < 1.29 is 17.9 Å². The van der Waals surface area contributed by atoms with Crippen LogP contribution >= 0.6 is 0 Å². The summed E-state index contributed by atoms with van der Waals surface area (Å²) in [6, 6.07) is 5.87. The molecule has 0 saturated heterocycles. The van der Waals surface area contributed by atoms with Gasteiger partial charge in [0.25, 0.3) is 10.0 Å². The van der Waals surface area contributed by atoms with Gasteiger partial charge >= 0.3 is 0 Å². The molecule has 6 nitrogen and oxygen atoms in total. The van der Waals surface area contributed by atoms with Crippen molar-refractivity contribution in [2.75, 3.05) is 0 Å². The molecule has 102 valence electrons. The van der Waals surface area contributed by atoms with E-state index in [2.05, 4.69) is 14.9 Å². The van der Waals surface area contributed by atoms with E-state index in [1.54, 1.807) is 6.07 Å². The molecule has 1 aromatic heterocycles. The minimum atomic E-state index is -3.87. The van der Waals surface area contributed by atoms with Crippen molar-refractivity contribution in [3.63, 3.8) is 0 Å². The highest BCUT2D eigenvalue weighted by Crippen LogP contribution is 2.13. The first-order valence-electron chi connectivity index (χ1n) is 5.41. The van der Waals surface area contributed by atoms with Gasteiger partial charge in [0, 0.05) is 17.7 Å². The summed E-state index contributed by atoms with van der Waals surface area (Å²) < 4.78 is 39.5. The summed E-state index contributed by atoms with van der Waals surface area (Å²) in [7, 11) is -3.87. The van der Waals surface area contributed by atoms with Crippen molar-refractivity contribution in [1.82, 2.24) is 14.9 Å². The predicted molar refractivity (Wildman–Crippen MR) is 64.9 cm³/mol. The molecule has 0 aliphatic heterocycles. The normalized spacial score (nSPS) is 11.7. The molecule has 0 unspecified atom stereocenters. The van der Waals surface area contributed by atoms with E-state index in [0.717, 1.165) is 0 Å². The van der Waals surface area contributed by atoms with Crippen molar-refractivity contribution in [2.45, 2.75) is 18.2 Å². The maximum absolute atomic E-state index is 13.4. The topological polar surface area (TPSA) is 95.1 Å². The van der Waals surface area contributed by atoms with Gasteiger partial charge in [-0.1, -0.05) is 18.2 Å². The number of hydrogen-bond acceptors (Lipinski definition) is 4. The van der Waals surface area contributed by atoms with Crippen LogP contribution in [0, 0.1) is 5.82 Å². The number of sulfonamides is 1. The highest BCUT2D eigenvalue weighted by molar-refractivity contribution is 7.89. The molecule has 0 aliphatic rings. The van der Waals surface area contributed by atoms with Gasteiger partial charge in [0.15, 0.2) is 5.03 Å². The zero-order chi connectivity index (χ0) is 13.9. The summed E-state index contributed by atoms with van der Waals surface area (Å²) in [4.78, 5) is 0. The van der Waals surface area contributed by atoms with Crippen LogP contribution in [0.15, 0.2) is 35.5 Å². The number of benzene rings is 1. The van der Waals surface area contributed by atoms with Gasteiger partial charge in [0.2, 0.25) is 0 Å². The SMILES string of the molecule is O=S(=O)(NCc1ccccc1F)c1[nH]ncc1CO. The second kappa shape index (κ2) is 5.47. The van der Waals surface area contributed by atoms with Crippen LogP contribution < -0.4 is 4.72 Å². The van der Waals surface area contributed by atoms with Gasteiger partial charge in [-0.2, -0.15) is 5.10 Å².